The highest BCUT2D eigenvalue weighted by Crippen LogP contribution is 2.25. The van der Waals surface area contributed by atoms with E-state index in [2.05, 4.69) is 20.1 Å². The van der Waals surface area contributed by atoms with Crippen LogP contribution in [0.15, 0.2) is 41.3 Å². The normalized spacial score (nSPS) is 10.2. The fourth-order valence-corrected chi connectivity index (χ4v) is 1.67. The molecule has 0 bridgehead atoms. The molecule has 0 aliphatic carbocycles. The molecule has 0 fully saturated rings. The first kappa shape index (κ1) is 11.9. The van der Waals surface area contributed by atoms with Crippen molar-refractivity contribution in [3.63, 3.8) is 0 Å². The van der Waals surface area contributed by atoms with Crippen molar-refractivity contribution in [3.05, 3.63) is 48.2 Å². The van der Waals surface area contributed by atoms with Gasteiger partial charge in [0.25, 0.3) is 5.89 Å². The Bertz CT molecular complexity index is 794. The van der Waals surface area contributed by atoms with Crippen molar-refractivity contribution in [2.45, 2.75) is 0 Å². The van der Waals surface area contributed by atoms with Crippen molar-refractivity contribution in [1.29, 1.82) is 5.26 Å². The van der Waals surface area contributed by atoms with Crippen molar-refractivity contribution in [2.24, 2.45) is 0 Å². The summed E-state index contributed by atoms with van der Waals surface area (Å²) >= 11 is 0. The SMILES string of the molecule is N#Cc1c(F)cccc1-c1nc(-c2cnccn2)no1. The summed E-state index contributed by atoms with van der Waals surface area (Å²) in [6, 6.07) is 5.98. The van der Waals surface area contributed by atoms with Crippen LogP contribution in [0.2, 0.25) is 0 Å². The Labute approximate surface area is 112 Å². The number of aromatic nitrogens is 4. The molecule has 96 valence electrons. The molecule has 0 aliphatic heterocycles. The van der Waals surface area contributed by atoms with Crippen LogP contribution in [-0.4, -0.2) is 20.1 Å². The zero-order valence-corrected chi connectivity index (χ0v) is 9.99. The summed E-state index contributed by atoms with van der Waals surface area (Å²) in [5, 5.41) is 12.7. The summed E-state index contributed by atoms with van der Waals surface area (Å²) in [5.41, 5.74) is 0.536. The van der Waals surface area contributed by atoms with Crippen LogP contribution in [0.25, 0.3) is 23.0 Å². The van der Waals surface area contributed by atoms with Crippen molar-refractivity contribution in [3.8, 4) is 29.0 Å². The molecule has 2 aromatic heterocycles. The highest BCUT2D eigenvalue weighted by molar-refractivity contribution is 5.64. The molecular formula is C13H6FN5O. The molecule has 0 unspecified atom stereocenters. The average Bonchev–Trinajstić information content (AvgIpc) is 2.97. The van der Waals surface area contributed by atoms with Crippen molar-refractivity contribution >= 4 is 0 Å². The Morgan fingerprint density at radius 3 is 2.90 bits per heavy atom. The molecule has 2 heterocycles. The van der Waals surface area contributed by atoms with Gasteiger partial charge in [-0.2, -0.15) is 10.2 Å². The van der Waals surface area contributed by atoms with E-state index in [9.17, 15) is 4.39 Å². The van der Waals surface area contributed by atoms with Crippen LogP contribution in [-0.2, 0) is 0 Å². The second-order valence-corrected chi connectivity index (χ2v) is 3.79. The number of rotatable bonds is 2. The fourth-order valence-electron chi connectivity index (χ4n) is 1.67. The molecule has 7 heteroatoms. The zero-order valence-electron chi connectivity index (χ0n) is 9.99. The Morgan fingerprint density at radius 1 is 1.25 bits per heavy atom. The second-order valence-electron chi connectivity index (χ2n) is 3.79. The van der Waals surface area contributed by atoms with Crippen molar-refractivity contribution in [1.82, 2.24) is 20.1 Å². The smallest absolute Gasteiger partial charge is 0.259 e. The van der Waals surface area contributed by atoms with E-state index in [0.717, 1.165) is 0 Å². The number of hydrogen-bond donors (Lipinski definition) is 0. The lowest BCUT2D eigenvalue weighted by Crippen LogP contribution is -1.90. The van der Waals surface area contributed by atoms with E-state index in [-0.39, 0.29) is 22.8 Å². The van der Waals surface area contributed by atoms with Crippen molar-refractivity contribution < 1.29 is 8.91 Å². The molecule has 6 nitrogen and oxygen atoms in total. The van der Waals surface area contributed by atoms with Gasteiger partial charge in [-0.3, -0.25) is 4.98 Å². The van der Waals surface area contributed by atoms with Crippen molar-refractivity contribution in [2.75, 3.05) is 0 Å². The molecule has 0 atom stereocenters. The molecule has 3 rings (SSSR count). The first-order chi connectivity index (χ1) is 9.79. The van der Waals surface area contributed by atoms with Crippen LogP contribution in [0.3, 0.4) is 0 Å². The van der Waals surface area contributed by atoms with E-state index < -0.39 is 5.82 Å². The van der Waals surface area contributed by atoms with Crippen LogP contribution in [0.4, 0.5) is 4.39 Å². The molecule has 3 aromatic rings. The van der Waals surface area contributed by atoms with Crippen LogP contribution in [0, 0.1) is 17.1 Å². The molecular weight excluding hydrogens is 261 g/mol. The van der Waals surface area contributed by atoms with Gasteiger partial charge in [-0.25, -0.2) is 9.37 Å². The number of benzene rings is 1. The average molecular weight is 267 g/mol. The van der Waals surface area contributed by atoms with Crippen LogP contribution < -0.4 is 0 Å². The summed E-state index contributed by atoms with van der Waals surface area (Å²) in [7, 11) is 0. The molecule has 0 saturated heterocycles. The maximum Gasteiger partial charge on any atom is 0.259 e. The van der Waals surface area contributed by atoms with Crippen LogP contribution in [0.5, 0.6) is 0 Å². The minimum Gasteiger partial charge on any atom is -0.334 e. The maximum absolute atomic E-state index is 13.5. The van der Waals surface area contributed by atoms with E-state index in [1.807, 2.05) is 0 Å². The first-order valence-electron chi connectivity index (χ1n) is 5.58. The number of halogens is 1. The van der Waals surface area contributed by atoms with E-state index in [1.165, 1.54) is 36.8 Å². The summed E-state index contributed by atoms with van der Waals surface area (Å²) in [6.45, 7) is 0. The molecule has 20 heavy (non-hydrogen) atoms. The maximum atomic E-state index is 13.5. The Balaban J connectivity index is 2.08. The third kappa shape index (κ3) is 1.99. The quantitative estimate of drug-likeness (QED) is 0.707. The van der Waals surface area contributed by atoms with Gasteiger partial charge < -0.3 is 4.52 Å². The first-order valence-corrected chi connectivity index (χ1v) is 5.58. The Hall–Kier alpha value is -3.14. The van der Waals surface area contributed by atoms with E-state index in [4.69, 9.17) is 9.78 Å². The van der Waals surface area contributed by atoms with Crippen LogP contribution in [0.1, 0.15) is 5.56 Å². The lowest BCUT2D eigenvalue weighted by molar-refractivity contribution is 0.431. The molecule has 0 aliphatic rings. The summed E-state index contributed by atoms with van der Waals surface area (Å²) in [5.74, 6) is -0.354. The van der Waals surface area contributed by atoms with Gasteiger partial charge in [0, 0.05) is 12.4 Å². The molecule has 0 spiro atoms. The topological polar surface area (TPSA) is 88.5 Å². The van der Waals surface area contributed by atoms with Gasteiger partial charge in [0.05, 0.1) is 11.8 Å². The van der Waals surface area contributed by atoms with E-state index in [0.29, 0.717) is 5.69 Å². The van der Waals surface area contributed by atoms with Gasteiger partial charge in [0.2, 0.25) is 5.82 Å². The number of nitriles is 1. The minimum atomic E-state index is -0.635. The standard InChI is InChI=1S/C13H6FN5O/c14-10-3-1-2-8(9(10)6-15)13-18-12(19-20-13)11-7-16-4-5-17-11/h1-5,7H. The molecule has 0 saturated carbocycles. The molecule has 0 N–H and O–H groups in total. The predicted octanol–water partition coefficient (Wildman–Crippen LogP) is 2.20. The van der Waals surface area contributed by atoms with Gasteiger partial charge in [-0.15, -0.1) is 0 Å². The summed E-state index contributed by atoms with van der Waals surface area (Å²) in [4.78, 5) is 12.0. The molecule has 0 amide bonds. The third-order valence-corrected chi connectivity index (χ3v) is 2.57. The fraction of sp³-hybridized carbons (Fsp3) is 0. The zero-order chi connectivity index (χ0) is 13.9. The predicted molar refractivity (Wildman–Crippen MR) is 65.4 cm³/mol. The minimum absolute atomic E-state index is 0.0571. The molecule has 0 radical (unpaired) electrons. The second kappa shape index (κ2) is 4.85. The summed E-state index contributed by atoms with van der Waals surface area (Å²) in [6.07, 6.45) is 4.49. The number of hydrogen-bond acceptors (Lipinski definition) is 6. The largest absolute Gasteiger partial charge is 0.334 e. The van der Waals surface area contributed by atoms with Gasteiger partial charge in [0.15, 0.2) is 0 Å². The monoisotopic (exact) mass is 267 g/mol. The van der Waals surface area contributed by atoms with Gasteiger partial charge >= 0.3 is 0 Å². The van der Waals surface area contributed by atoms with Crippen LogP contribution >= 0.6 is 0 Å². The lowest BCUT2D eigenvalue weighted by Gasteiger charge is -1.98. The molecule has 1 aromatic carbocycles. The van der Waals surface area contributed by atoms with Gasteiger partial charge in [-0.1, -0.05) is 11.2 Å². The van der Waals surface area contributed by atoms with E-state index >= 15 is 0 Å². The third-order valence-electron chi connectivity index (χ3n) is 2.57. The number of nitrogens with zero attached hydrogens (tertiary/aromatic N) is 5. The van der Waals surface area contributed by atoms with E-state index in [1.54, 1.807) is 6.07 Å². The van der Waals surface area contributed by atoms with Gasteiger partial charge in [-0.05, 0) is 12.1 Å². The van der Waals surface area contributed by atoms with Gasteiger partial charge in [0.1, 0.15) is 23.1 Å². The highest BCUT2D eigenvalue weighted by atomic mass is 19.1. The Morgan fingerprint density at radius 2 is 2.15 bits per heavy atom. The lowest BCUT2D eigenvalue weighted by atomic mass is 10.1. The Kier molecular flexibility index (Phi) is 2.89. The highest BCUT2D eigenvalue weighted by Gasteiger charge is 2.17. The summed E-state index contributed by atoms with van der Waals surface area (Å²) < 4.78 is 18.6.